The van der Waals surface area contributed by atoms with Gasteiger partial charge in [0, 0.05) is 22.6 Å². The van der Waals surface area contributed by atoms with Gasteiger partial charge in [0.2, 0.25) is 0 Å². The van der Waals surface area contributed by atoms with Gasteiger partial charge in [-0.3, -0.25) is 0 Å². The maximum Gasteiger partial charge on any atom is 0.0799 e. The highest BCUT2D eigenvalue weighted by Crippen LogP contribution is 2.43. The molecule has 138 valence electrons. The number of nitrogens with zero attached hydrogens (tertiary/aromatic N) is 1. The van der Waals surface area contributed by atoms with E-state index in [4.69, 9.17) is 17.2 Å². The summed E-state index contributed by atoms with van der Waals surface area (Å²) in [7, 11) is 0. The molecule has 6 N–H and O–H groups in total. The molecule has 0 atom stereocenters. The second kappa shape index (κ2) is 7.37. The van der Waals surface area contributed by atoms with Crippen LogP contribution in [0.4, 0.5) is 34.1 Å². The third kappa shape index (κ3) is 3.23. The second-order valence-electron chi connectivity index (χ2n) is 6.59. The van der Waals surface area contributed by atoms with Crippen molar-refractivity contribution in [2.75, 3.05) is 22.1 Å². The first-order chi connectivity index (χ1) is 13.6. The summed E-state index contributed by atoms with van der Waals surface area (Å²) < 4.78 is 0. The molecule has 0 heterocycles. The summed E-state index contributed by atoms with van der Waals surface area (Å²) in [6.07, 6.45) is 0. The predicted molar refractivity (Wildman–Crippen MR) is 120 cm³/mol. The van der Waals surface area contributed by atoms with Crippen molar-refractivity contribution in [3.8, 4) is 11.1 Å². The highest BCUT2D eigenvalue weighted by Gasteiger charge is 2.18. The van der Waals surface area contributed by atoms with E-state index < -0.39 is 0 Å². The molecule has 4 aromatic rings. The summed E-state index contributed by atoms with van der Waals surface area (Å²) >= 11 is 0. The lowest BCUT2D eigenvalue weighted by atomic mass is 10.0. The van der Waals surface area contributed by atoms with Crippen LogP contribution >= 0.6 is 0 Å². The molecule has 0 saturated heterocycles. The predicted octanol–water partition coefficient (Wildman–Crippen LogP) is 5.57. The topological polar surface area (TPSA) is 81.3 Å². The van der Waals surface area contributed by atoms with Crippen molar-refractivity contribution in [3.63, 3.8) is 0 Å². The smallest absolute Gasteiger partial charge is 0.0799 e. The van der Waals surface area contributed by atoms with E-state index in [1.54, 1.807) is 0 Å². The molecule has 28 heavy (non-hydrogen) atoms. The molecule has 0 spiro atoms. The Morgan fingerprint density at radius 3 is 1.57 bits per heavy atom. The summed E-state index contributed by atoms with van der Waals surface area (Å²) in [6, 6.07) is 31.9. The van der Waals surface area contributed by atoms with Crippen molar-refractivity contribution in [1.82, 2.24) is 0 Å². The maximum absolute atomic E-state index is 6.53. The lowest BCUT2D eigenvalue weighted by molar-refractivity contribution is 1.29. The van der Waals surface area contributed by atoms with Crippen LogP contribution in [0.5, 0.6) is 0 Å². The number of nitrogens with two attached hydrogens (primary N) is 3. The highest BCUT2D eigenvalue weighted by atomic mass is 15.2. The van der Waals surface area contributed by atoms with Crippen LogP contribution in [0.2, 0.25) is 0 Å². The fourth-order valence-electron chi connectivity index (χ4n) is 3.32. The Hall–Kier alpha value is -3.92. The van der Waals surface area contributed by atoms with Crippen molar-refractivity contribution in [2.24, 2.45) is 0 Å². The number of rotatable bonds is 4. The van der Waals surface area contributed by atoms with Gasteiger partial charge in [-0.2, -0.15) is 0 Å². The van der Waals surface area contributed by atoms with Gasteiger partial charge in [0.25, 0.3) is 0 Å². The lowest BCUT2D eigenvalue weighted by Crippen LogP contribution is -2.13. The molecular weight excluding hydrogens is 344 g/mol. The summed E-state index contributed by atoms with van der Waals surface area (Å²) in [6.45, 7) is 0. The van der Waals surface area contributed by atoms with E-state index in [9.17, 15) is 0 Å². The molecular formula is C24H22N4. The van der Waals surface area contributed by atoms with E-state index in [1.165, 1.54) is 0 Å². The van der Waals surface area contributed by atoms with Crippen LogP contribution in [0.15, 0.2) is 97.1 Å². The van der Waals surface area contributed by atoms with E-state index in [0.717, 1.165) is 28.2 Å². The number of hydrogen-bond acceptors (Lipinski definition) is 4. The van der Waals surface area contributed by atoms with E-state index in [1.807, 2.05) is 72.8 Å². The third-order valence-corrected chi connectivity index (χ3v) is 4.76. The first-order valence-corrected chi connectivity index (χ1v) is 9.09. The molecule has 0 aliphatic heterocycles. The molecule has 0 radical (unpaired) electrons. The summed E-state index contributed by atoms with van der Waals surface area (Å²) in [5.74, 6) is 0. The zero-order chi connectivity index (χ0) is 19.5. The van der Waals surface area contributed by atoms with Crippen molar-refractivity contribution in [2.45, 2.75) is 0 Å². The van der Waals surface area contributed by atoms with Gasteiger partial charge in [0.15, 0.2) is 0 Å². The van der Waals surface area contributed by atoms with Crippen molar-refractivity contribution in [3.05, 3.63) is 97.1 Å². The fraction of sp³-hybridized carbons (Fsp3) is 0. The molecule has 4 nitrogen and oxygen atoms in total. The standard InChI is InChI=1S/C24H22N4/c25-18-13-11-17(12-14-18)21-15-16-22(24(27)23(21)26)28(19-7-3-1-4-8-19)20-9-5-2-6-10-20/h1-16H,25-27H2. The van der Waals surface area contributed by atoms with Crippen LogP contribution in [0.25, 0.3) is 11.1 Å². The zero-order valence-electron chi connectivity index (χ0n) is 15.4. The molecule has 4 heteroatoms. The molecule has 0 bridgehead atoms. The van der Waals surface area contributed by atoms with E-state index in [2.05, 4.69) is 29.2 Å². The van der Waals surface area contributed by atoms with Crippen LogP contribution in [-0.2, 0) is 0 Å². The largest absolute Gasteiger partial charge is 0.399 e. The first kappa shape index (κ1) is 17.5. The fourth-order valence-corrected chi connectivity index (χ4v) is 3.32. The zero-order valence-corrected chi connectivity index (χ0v) is 15.4. The molecule has 0 aliphatic rings. The van der Waals surface area contributed by atoms with Crippen LogP contribution < -0.4 is 22.1 Å². The Morgan fingerprint density at radius 1 is 0.500 bits per heavy atom. The number of hydrogen-bond donors (Lipinski definition) is 3. The van der Waals surface area contributed by atoms with Gasteiger partial charge >= 0.3 is 0 Å². The molecule has 4 aromatic carbocycles. The average Bonchev–Trinajstić information content (AvgIpc) is 2.74. The second-order valence-corrected chi connectivity index (χ2v) is 6.59. The Bertz CT molecular complexity index is 1040. The minimum atomic E-state index is 0.544. The van der Waals surface area contributed by atoms with Crippen LogP contribution in [0.3, 0.4) is 0 Å². The van der Waals surface area contributed by atoms with Crippen molar-refractivity contribution < 1.29 is 0 Å². The minimum absolute atomic E-state index is 0.544. The molecule has 0 saturated carbocycles. The molecule has 0 aromatic heterocycles. The number of para-hydroxylation sites is 2. The van der Waals surface area contributed by atoms with Gasteiger partial charge in [-0.1, -0.05) is 54.6 Å². The maximum atomic E-state index is 6.53. The molecule has 4 rings (SSSR count). The Labute approximate surface area is 164 Å². The van der Waals surface area contributed by atoms with Gasteiger partial charge in [-0.25, -0.2) is 0 Å². The monoisotopic (exact) mass is 366 g/mol. The van der Waals surface area contributed by atoms with Crippen LogP contribution in [-0.4, -0.2) is 0 Å². The Kier molecular flexibility index (Phi) is 4.60. The Balaban J connectivity index is 1.86. The first-order valence-electron chi connectivity index (χ1n) is 9.09. The SMILES string of the molecule is Nc1ccc(-c2ccc(N(c3ccccc3)c3ccccc3)c(N)c2N)cc1. The van der Waals surface area contributed by atoms with Crippen molar-refractivity contribution in [1.29, 1.82) is 0 Å². The van der Waals surface area contributed by atoms with Crippen LogP contribution in [0, 0.1) is 0 Å². The van der Waals surface area contributed by atoms with Gasteiger partial charge in [-0.15, -0.1) is 0 Å². The van der Waals surface area contributed by atoms with Gasteiger partial charge in [0.05, 0.1) is 17.1 Å². The summed E-state index contributed by atoms with van der Waals surface area (Å²) in [5.41, 5.74) is 25.4. The van der Waals surface area contributed by atoms with E-state index >= 15 is 0 Å². The quantitative estimate of drug-likeness (QED) is 0.412. The number of benzene rings is 4. The van der Waals surface area contributed by atoms with Crippen LogP contribution in [0.1, 0.15) is 0 Å². The molecule has 0 amide bonds. The summed E-state index contributed by atoms with van der Waals surface area (Å²) in [5, 5.41) is 0. The van der Waals surface area contributed by atoms with Crippen molar-refractivity contribution >= 4 is 34.1 Å². The third-order valence-electron chi connectivity index (χ3n) is 4.76. The van der Waals surface area contributed by atoms with Gasteiger partial charge in [-0.05, 0) is 48.0 Å². The van der Waals surface area contributed by atoms with Gasteiger partial charge in [0.1, 0.15) is 0 Å². The minimum Gasteiger partial charge on any atom is -0.399 e. The normalized spacial score (nSPS) is 10.6. The highest BCUT2D eigenvalue weighted by molar-refractivity contribution is 5.95. The van der Waals surface area contributed by atoms with E-state index in [0.29, 0.717) is 17.1 Å². The lowest BCUT2D eigenvalue weighted by Gasteiger charge is -2.27. The van der Waals surface area contributed by atoms with Gasteiger partial charge < -0.3 is 22.1 Å². The number of nitrogen functional groups attached to an aromatic ring is 3. The number of anilines is 6. The molecule has 0 fully saturated rings. The summed E-state index contributed by atoms with van der Waals surface area (Å²) in [4.78, 5) is 2.11. The molecule has 0 aliphatic carbocycles. The Morgan fingerprint density at radius 2 is 1.04 bits per heavy atom. The average molecular weight is 366 g/mol. The molecule has 0 unspecified atom stereocenters. The van der Waals surface area contributed by atoms with E-state index in [-0.39, 0.29) is 0 Å².